The molecule has 0 aromatic heterocycles. The Morgan fingerprint density at radius 1 is 1.17 bits per heavy atom. The lowest BCUT2D eigenvalue weighted by Gasteiger charge is -2.18. The fraction of sp³-hybridized carbons (Fsp3) is 0.133. The molecule has 122 valence electrons. The van der Waals surface area contributed by atoms with Crippen LogP contribution in [0.15, 0.2) is 30.3 Å². The van der Waals surface area contributed by atoms with E-state index in [4.69, 9.17) is 17.9 Å². The molecule has 9 heteroatoms. The van der Waals surface area contributed by atoms with Crippen molar-refractivity contribution in [3.63, 3.8) is 0 Å². The van der Waals surface area contributed by atoms with Crippen LogP contribution in [-0.4, -0.2) is 42.9 Å². The van der Waals surface area contributed by atoms with Crippen LogP contribution in [0, 0.1) is 17.5 Å². The number of carbonyl (C=O) groups is 1. The lowest BCUT2D eigenvalue weighted by molar-refractivity contribution is 0.0784. The van der Waals surface area contributed by atoms with Gasteiger partial charge < -0.3 is 14.9 Å². The van der Waals surface area contributed by atoms with Crippen LogP contribution in [-0.2, 0) is 6.54 Å². The van der Waals surface area contributed by atoms with Gasteiger partial charge in [0.1, 0.15) is 13.7 Å². The Labute approximate surface area is 138 Å². The van der Waals surface area contributed by atoms with Gasteiger partial charge in [-0.2, -0.15) is 0 Å². The standard InChI is InChI=1S/C15H12B2F3NO3/c1-21(15(22)9-4-10(16)6-11(18)5-9)7-8-2-12(17(23)24)14(20)13(19)3-8/h2-6,23-24H,7H2,1H3. The molecule has 0 atom stereocenters. The van der Waals surface area contributed by atoms with Crippen LogP contribution in [0.3, 0.4) is 0 Å². The zero-order valence-electron chi connectivity index (χ0n) is 12.6. The van der Waals surface area contributed by atoms with Gasteiger partial charge in [-0.1, -0.05) is 17.6 Å². The van der Waals surface area contributed by atoms with E-state index in [0.29, 0.717) is 0 Å². The number of hydrogen-bond donors (Lipinski definition) is 2. The lowest BCUT2D eigenvalue weighted by atomic mass is 9.79. The molecule has 1 amide bonds. The molecule has 2 aromatic rings. The first-order valence-electron chi connectivity index (χ1n) is 6.84. The molecule has 4 nitrogen and oxygen atoms in total. The summed E-state index contributed by atoms with van der Waals surface area (Å²) in [6.07, 6.45) is 0. The summed E-state index contributed by atoms with van der Waals surface area (Å²) in [7, 11) is 4.67. The molecule has 0 aliphatic rings. The van der Waals surface area contributed by atoms with Crippen LogP contribution in [0.4, 0.5) is 13.2 Å². The van der Waals surface area contributed by atoms with E-state index in [2.05, 4.69) is 0 Å². The van der Waals surface area contributed by atoms with E-state index in [1.165, 1.54) is 13.1 Å². The Morgan fingerprint density at radius 3 is 2.42 bits per heavy atom. The van der Waals surface area contributed by atoms with Crippen LogP contribution in [0.5, 0.6) is 0 Å². The van der Waals surface area contributed by atoms with Gasteiger partial charge in [-0.25, -0.2) is 13.2 Å². The van der Waals surface area contributed by atoms with Gasteiger partial charge >= 0.3 is 7.12 Å². The van der Waals surface area contributed by atoms with Crippen molar-refractivity contribution in [2.45, 2.75) is 6.54 Å². The minimum absolute atomic E-state index is 0.000000000000000222. The molecule has 0 spiro atoms. The monoisotopic (exact) mass is 333 g/mol. The van der Waals surface area contributed by atoms with Crippen LogP contribution >= 0.6 is 0 Å². The summed E-state index contributed by atoms with van der Waals surface area (Å²) in [5, 5.41) is 18.1. The number of hydrogen-bond acceptors (Lipinski definition) is 3. The quantitative estimate of drug-likeness (QED) is 0.766. The van der Waals surface area contributed by atoms with E-state index in [1.54, 1.807) is 0 Å². The second-order valence-corrected chi connectivity index (χ2v) is 5.29. The molecule has 24 heavy (non-hydrogen) atoms. The number of rotatable bonds is 4. The van der Waals surface area contributed by atoms with Crippen LogP contribution in [0.1, 0.15) is 15.9 Å². The summed E-state index contributed by atoms with van der Waals surface area (Å²) in [5.74, 6) is -3.91. The van der Waals surface area contributed by atoms with Gasteiger partial charge in [-0.15, -0.1) is 0 Å². The van der Waals surface area contributed by atoms with Gasteiger partial charge in [-0.05, 0) is 23.8 Å². The molecule has 2 radical (unpaired) electrons. The topological polar surface area (TPSA) is 60.8 Å². The number of halogens is 3. The smallest absolute Gasteiger partial charge is 0.423 e. The molecule has 0 saturated heterocycles. The lowest BCUT2D eigenvalue weighted by Crippen LogP contribution is -2.35. The number of amides is 1. The van der Waals surface area contributed by atoms with E-state index in [-0.39, 0.29) is 23.1 Å². The minimum Gasteiger partial charge on any atom is -0.423 e. The van der Waals surface area contributed by atoms with Crippen molar-refractivity contribution < 1.29 is 28.0 Å². The first-order valence-corrected chi connectivity index (χ1v) is 6.84. The molecule has 2 aromatic carbocycles. The molecule has 2 N–H and O–H groups in total. The maximum Gasteiger partial charge on any atom is 0.491 e. The normalized spacial score (nSPS) is 10.6. The van der Waals surface area contributed by atoms with Crippen LogP contribution in [0.25, 0.3) is 0 Å². The van der Waals surface area contributed by atoms with Gasteiger partial charge in [-0.3, -0.25) is 4.79 Å². The van der Waals surface area contributed by atoms with E-state index in [0.717, 1.165) is 29.2 Å². The molecule has 0 saturated carbocycles. The molecule has 0 bridgehead atoms. The summed E-state index contributed by atoms with van der Waals surface area (Å²) in [6.45, 7) is -0.161. The maximum absolute atomic E-state index is 13.5. The zero-order chi connectivity index (χ0) is 18.0. The third-order valence-corrected chi connectivity index (χ3v) is 3.33. The number of benzene rings is 2. The fourth-order valence-corrected chi connectivity index (χ4v) is 2.25. The van der Waals surface area contributed by atoms with Crippen molar-refractivity contribution in [3.8, 4) is 0 Å². The van der Waals surface area contributed by atoms with Crippen molar-refractivity contribution in [2.75, 3.05) is 7.05 Å². The highest BCUT2D eigenvalue weighted by Gasteiger charge is 2.22. The summed E-state index contributed by atoms with van der Waals surface area (Å²) in [4.78, 5) is 13.4. The molecule has 2 rings (SSSR count). The van der Waals surface area contributed by atoms with Gasteiger partial charge in [0, 0.05) is 24.6 Å². The maximum atomic E-state index is 13.5. The van der Waals surface area contributed by atoms with E-state index < -0.39 is 35.9 Å². The number of carbonyl (C=O) groups excluding carboxylic acids is 1. The largest absolute Gasteiger partial charge is 0.491 e. The average Bonchev–Trinajstić information content (AvgIpc) is 2.48. The van der Waals surface area contributed by atoms with Crippen molar-refractivity contribution >= 4 is 31.8 Å². The summed E-state index contributed by atoms with van der Waals surface area (Å²) in [6, 6.07) is 5.22. The van der Waals surface area contributed by atoms with Crippen molar-refractivity contribution in [2.24, 2.45) is 0 Å². The Balaban J connectivity index is 2.26. The van der Waals surface area contributed by atoms with Crippen LogP contribution in [0.2, 0.25) is 0 Å². The van der Waals surface area contributed by atoms with E-state index >= 15 is 0 Å². The van der Waals surface area contributed by atoms with Gasteiger partial charge in [0.25, 0.3) is 5.91 Å². The summed E-state index contributed by atoms with van der Waals surface area (Å²) < 4.78 is 40.3. The molecule has 0 aliphatic carbocycles. The third-order valence-electron chi connectivity index (χ3n) is 3.33. The first-order chi connectivity index (χ1) is 11.2. The average molecular weight is 333 g/mol. The Bertz CT molecular complexity index is 767. The fourth-order valence-electron chi connectivity index (χ4n) is 2.25. The SMILES string of the molecule is [B]c1cc(F)cc(C(=O)N(C)Cc2cc(F)c(F)c(B(O)O)c2)c1. The third kappa shape index (κ3) is 3.98. The highest BCUT2D eigenvalue weighted by molar-refractivity contribution is 6.58. The van der Waals surface area contributed by atoms with Gasteiger partial charge in [0.2, 0.25) is 0 Å². The molecule has 0 heterocycles. The molecule has 0 aliphatic heterocycles. The molecule has 0 unspecified atom stereocenters. The van der Waals surface area contributed by atoms with E-state index in [1.807, 2.05) is 0 Å². The minimum atomic E-state index is -2.19. The van der Waals surface area contributed by atoms with Crippen molar-refractivity contribution in [3.05, 3.63) is 58.9 Å². The summed E-state index contributed by atoms with van der Waals surface area (Å²) >= 11 is 0. The van der Waals surface area contributed by atoms with Gasteiger partial charge in [0.15, 0.2) is 11.6 Å². The summed E-state index contributed by atoms with van der Waals surface area (Å²) in [5.41, 5.74) is -0.427. The highest BCUT2D eigenvalue weighted by Crippen LogP contribution is 2.12. The number of nitrogens with zero attached hydrogens (tertiary/aromatic N) is 1. The Kier molecular flexibility index (Phi) is 5.36. The van der Waals surface area contributed by atoms with Gasteiger partial charge in [0.05, 0.1) is 0 Å². The highest BCUT2D eigenvalue weighted by atomic mass is 19.2. The second kappa shape index (κ2) is 7.11. The Hall–Kier alpha value is -2.25. The zero-order valence-corrected chi connectivity index (χ0v) is 12.6. The van der Waals surface area contributed by atoms with Crippen LogP contribution < -0.4 is 10.9 Å². The van der Waals surface area contributed by atoms with Crippen molar-refractivity contribution in [1.29, 1.82) is 0 Å². The second-order valence-electron chi connectivity index (χ2n) is 5.29. The predicted octanol–water partition coefficient (Wildman–Crippen LogP) is -0.150. The molecule has 0 fully saturated rings. The van der Waals surface area contributed by atoms with E-state index in [9.17, 15) is 18.0 Å². The Morgan fingerprint density at radius 2 is 1.83 bits per heavy atom. The van der Waals surface area contributed by atoms with Crippen molar-refractivity contribution in [1.82, 2.24) is 4.90 Å². The molecular formula is C15H12B2F3NO3. The first kappa shape index (κ1) is 18.1. The predicted molar refractivity (Wildman–Crippen MR) is 83.8 cm³/mol. The molecular weight excluding hydrogens is 321 g/mol.